The molecule has 0 aromatic rings. The van der Waals surface area contributed by atoms with E-state index in [1.165, 1.54) is 82.8 Å². The van der Waals surface area contributed by atoms with E-state index in [1.807, 2.05) is 0 Å². The Balaban J connectivity index is 3.92. The molecule has 32 heavy (non-hydrogen) atoms. The molecule has 192 valence electrons. The van der Waals surface area contributed by atoms with Gasteiger partial charge in [0.15, 0.2) is 6.29 Å². The summed E-state index contributed by atoms with van der Waals surface area (Å²) < 4.78 is 12.2. The molecule has 5 nitrogen and oxygen atoms in total. The third kappa shape index (κ3) is 21.2. The third-order valence-corrected chi connectivity index (χ3v) is 6.06. The zero-order valence-corrected chi connectivity index (χ0v) is 22.0. The van der Waals surface area contributed by atoms with Crippen molar-refractivity contribution in [2.24, 2.45) is 0 Å². The summed E-state index contributed by atoms with van der Waals surface area (Å²) in [5, 5.41) is 1.31. The van der Waals surface area contributed by atoms with Gasteiger partial charge in [-0.3, -0.25) is 9.63 Å². The highest BCUT2D eigenvalue weighted by Gasteiger charge is 2.10. The molecule has 5 heteroatoms. The molecule has 0 bridgehead atoms. The zero-order chi connectivity index (χ0) is 23.7. The van der Waals surface area contributed by atoms with Crippen LogP contribution < -0.4 is 0 Å². The molecule has 0 aromatic carbocycles. The summed E-state index contributed by atoms with van der Waals surface area (Å²) in [4.78, 5) is 16.6. The van der Waals surface area contributed by atoms with Crippen LogP contribution in [0.3, 0.4) is 0 Å². The minimum Gasteiger partial charge on any atom is -0.353 e. The Labute approximate surface area is 199 Å². The van der Waals surface area contributed by atoms with Gasteiger partial charge in [-0.05, 0) is 32.1 Å². The first-order chi connectivity index (χ1) is 15.7. The predicted molar refractivity (Wildman–Crippen MR) is 135 cm³/mol. The number of hydroxylamine groups is 2. The molecule has 0 aliphatic heterocycles. The van der Waals surface area contributed by atoms with Gasteiger partial charge in [-0.25, -0.2) is 5.06 Å². The Kier molecular flexibility index (Phi) is 24.5. The van der Waals surface area contributed by atoms with E-state index in [-0.39, 0.29) is 12.2 Å². The highest BCUT2D eigenvalue weighted by molar-refractivity contribution is 5.74. The summed E-state index contributed by atoms with van der Waals surface area (Å²) in [6.45, 7) is 6.16. The van der Waals surface area contributed by atoms with Crippen molar-refractivity contribution in [2.45, 2.75) is 142 Å². The fraction of sp³-hybridized carbons (Fsp3) is 0.963. The number of rotatable bonds is 25. The second kappa shape index (κ2) is 25.0. The number of ether oxygens (including phenoxy) is 2. The largest absolute Gasteiger partial charge is 0.353 e. The van der Waals surface area contributed by atoms with E-state index in [1.54, 1.807) is 7.05 Å². The minimum absolute atomic E-state index is 0.0433. The molecule has 0 aliphatic rings. The highest BCUT2D eigenvalue weighted by atomic mass is 16.7. The van der Waals surface area contributed by atoms with Crippen LogP contribution in [0.2, 0.25) is 0 Å². The molecule has 0 spiro atoms. The van der Waals surface area contributed by atoms with Gasteiger partial charge in [-0.15, -0.1) is 0 Å². The maximum atomic E-state index is 11.7. The number of nitrogens with zero attached hydrogens (tertiary/aromatic N) is 1. The van der Waals surface area contributed by atoms with Gasteiger partial charge in [0.05, 0.1) is 7.11 Å². The van der Waals surface area contributed by atoms with E-state index < -0.39 is 0 Å². The van der Waals surface area contributed by atoms with Crippen molar-refractivity contribution in [3.8, 4) is 0 Å². The fourth-order valence-electron chi connectivity index (χ4n) is 3.79. The smallest absolute Gasteiger partial charge is 0.245 e. The second-order valence-corrected chi connectivity index (χ2v) is 9.09. The van der Waals surface area contributed by atoms with Crippen molar-refractivity contribution in [1.82, 2.24) is 5.06 Å². The predicted octanol–water partition coefficient (Wildman–Crippen LogP) is 7.82. The number of hydrogen-bond donors (Lipinski definition) is 0. The maximum Gasteiger partial charge on any atom is 0.245 e. The first-order valence-electron chi connectivity index (χ1n) is 13.7. The molecule has 0 N–H and O–H groups in total. The Morgan fingerprint density at radius 1 is 0.656 bits per heavy atom. The van der Waals surface area contributed by atoms with E-state index in [2.05, 4.69) is 13.8 Å². The lowest BCUT2D eigenvalue weighted by Gasteiger charge is -2.19. The van der Waals surface area contributed by atoms with Crippen LogP contribution in [0.1, 0.15) is 136 Å². The van der Waals surface area contributed by atoms with Crippen LogP contribution in [-0.4, -0.2) is 44.6 Å². The van der Waals surface area contributed by atoms with Crippen LogP contribution in [-0.2, 0) is 19.1 Å². The number of hydrogen-bond acceptors (Lipinski definition) is 4. The average Bonchev–Trinajstić information content (AvgIpc) is 2.80. The first kappa shape index (κ1) is 31.4. The van der Waals surface area contributed by atoms with Gasteiger partial charge < -0.3 is 9.47 Å². The molecule has 0 atom stereocenters. The van der Waals surface area contributed by atoms with Gasteiger partial charge in [0.2, 0.25) is 5.91 Å². The van der Waals surface area contributed by atoms with Crippen LogP contribution in [0.4, 0.5) is 0 Å². The number of carbonyl (C=O) groups excluding carboxylic acids is 1. The van der Waals surface area contributed by atoms with Crippen LogP contribution in [0, 0.1) is 0 Å². The van der Waals surface area contributed by atoms with Gasteiger partial charge in [-0.1, -0.05) is 97.3 Å². The van der Waals surface area contributed by atoms with Crippen molar-refractivity contribution in [3.05, 3.63) is 0 Å². The SMILES string of the molecule is CCCCCCCCOC(CCCCCCCC(=O)N(C)OC)OCCCCCCCC. The molecule has 0 unspecified atom stereocenters. The number of carbonyl (C=O) groups is 1. The molecule has 0 saturated carbocycles. The fourth-order valence-corrected chi connectivity index (χ4v) is 3.79. The first-order valence-corrected chi connectivity index (χ1v) is 13.7. The summed E-state index contributed by atoms with van der Waals surface area (Å²) in [6.07, 6.45) is 22.4. The lowest BCUT2D eigenvalue weighted by molar-refractivity contribution is -0.168. The van der Waals surface area contributed by atoms with E-state index in [9.17, 15) is 4.79 Å². The van der Waals surface area contributed by atoms with E-state index in [0.717, 1.165) is 58.2 Å². The van der Waals surface area contributed by atoms with Crippen LogP contribution in [0.5, 0.6) is 0 Å². The third-order valence-electron chi connectivity index (χ3n) is 6.06. The second-order valence-electron chi connectivity index (χ2n) is 9.09. The van der Waals surface area contributed by atoms with Gasteiger partial charge >= 0.3 is 0 Å². The quantitative estimate of drug-likeness (QED) is 0.0796. The minimum atomic E-state index is -0.0433. The topological polar surface area (TPSA) is 48.0 Å². The molecule has 1 amide bonds. The summed E-state index contributed by atoms with van der Waals surface area (Å²) in [5.41, 5.74) is 0. The normalized spacial score (nSPS) is 11.4. The van der Waals surface area contributed by atoms with Crippen molar-refractivity contribution in [3.63, 3.8) is 0 Å². The lowest BCUT2D eigenvalue weighted by atomic mass is 10.1. The van der Waals surface area contributed by atoms with Crippen molar-refractivity contribution < 1.29 is 19.1 Å². The average molecular weight is 458 g/mol. The van der Waals surface area contributed by atoms with Gasteiger partial charge in [-0.2, -0.15) is 0 Å². The highest BCUT2D eigenvalue weighted by Crippen LogP contribution is 2.14. The molecule has 0 radical (unpaired) electrons. The van der Waals surface area contributed by atoms with E-state index in [4.69, 9.17) is 14.3 Å². The molecule has 0 aromatic heterocycles. The molecular formula is C27H55NO4. The molecule has 0 rings (SSSR count). The zero-order valence-electron chi connectivity index (χ0n) is 22.0. The molecule has 0 saturated heterocycles. The Bertz CT molecular complexity index is 374. The van der Waals surface area contributed by atoms with Gasteiger partial charge in [0, 0.05) is 26.7 Å². The van der Waals surface area contributed by atoms with Gasteiger partial charge in [0.1, 0.15) is 0 Å². The summed E-state index contributed by atoms with van der Waals surface area (Å²) in [7, 11) is 3.19. The summed E-state index contributed by atoms with van der Waals surface area (Å²) in [6, 6.07) is 0. The molecule has 0 aliphatic carbocycles. The van der Waals surface area contributed by atoms with Crippen molar-refractivity contribution >= 4 is 5.91 Å². The molecule has 0 fully saturated rings. The Hall–Kier alpha value is -0.650. The number of unbranched alkanes of at least 4 members (excludes halogenated alkanes) is 14. The Morgan fingerprint density at radius 3 is 1.59 bits per heavy atom. The monoisotopic (exact) mass is 457 g/mol. The van der Waals surface area contributed by atoms with Crippen LogP contribution in [0.15, 0.2) is 0 Å². The van der Waals surface area contributed by atoms with E-state index in [0.29, 0.717) is 6.42 Å². The van der Waals surface area contributed by atoms with Crippen LogP contribution >= 0.6 is 0 Å². The van der Waals surface area contributed by atoms with Crippen LogP contribution in [0.25, 0.3) is 0 Å². The standard InChI is InChI=1S/C27H55NO4/c1-5-7-9-11-16-20-24-31-27(32-25-21-17-12-10-8-6-2)23-19-15-13-14-18-22-26(29)28(3)30-4/h27H,5-25H2,1-4H3. The number of amides is 1. The summed E-state index contributed by atoms with van der Waals surface area (Å²) in [5.74, 6) is 0.0544. The van der Waals surface area contributed by atoms with Crippen molar-refractivity contribution in [2.75, 3.05) is 27.4 Å². The molecular weight excluding hydrogens is 402 g/mol. The van der Waals surface area contributed by atoms with Crippen molar-refractivity contribution in [1.29, 1.82) is 0 Å². The summed E-state index contributed by atoms with van der Waals surface area (Å²) >= 11 is 0. The maximum absolute atomic E-state index is 11.7. The Morgan fingerprint density at radius 2 is 1.09 bits per heavy atom. The lowest BCUT2D eigenvalue weighted by Crippen LogP contribution is -2.24. The molecule has 0 heterocycles. The van der Waals surface area contributed by atoms with Gasteiger partial charge in [0.25, 0.3) is 0 Å². The van der Waals surface area contributed by atoms with E-state index >= 15 is 0 Å².